The molecule has 0 spiro atoms. The number of ether oxygens (including phenoxy) is 8. The van der Waals surface area contributed by atoms with Crippen molar-refractivity contribution < 1.29 is 37.9 Å². The summed E-state index contributed by atoms with van der Waals surface area (Å²) in [5.41, 5.74) is 0. The highest BCUT2D eigenvalue weighted by Gasteiger charge is 1.96. The third-order valence-corrected chi connectivity index (χ3v) is 6.06. The first-order valence-corrected chi connectivity index (χ1v) is 15.4. The number of rotatable bonds is 35. The molecule has 0 amide bonds. The van der Waals surface area contributed by atoms with Crippen LogP contribution in [0.1, 0.15) is 90.4 Å². The van der Waals surface area contributed by atoms with Crippen LogP contribution < -0.4 is 0 Å². The van der Waals surface area contributed by atoms with Gasteiger partial charge in [-0.3, -0.25) is 0 Å². The molecule has 8 heteroatoms. The molecule has 0 aliphatic rings. The highest BCUT2D eigenvalue weighted by atomic mass is 16.6. The molecule has 0 bridgehead atoms. The molecule has 0 unspecified atom stereocenters. The van der Waals surface area contributed by atoms with E-state index in [2.05, 4.69) is 6.92 Å². The minimum Gasteiger partial charge on any atom is -0.382 e. The molecule has 0 fully saturated rings. The van der Waals surface area contributed by atoms with Gasteiger partial charge in [0.15, 0.2) is 0 Å². The van der Waals surface area contributed by atoms with E-state index >= 15 is 0 Å². The van der Waals surface area contributed by atoms with Crippen LogP contribution in [0.3, 0.4) is 0 Å². The van der Waals surface area contributed by atoms with Gasteiger partial charge in [-0.2, -0.15) is 0 Å². The zero-order valence-electron chi connectivity index (χ0n) is 25.1. The summed E-state index contributed by atoms with van der Waals surface area (Å²) in [6, 6.07) is 0. The molecule has 0 radical (unpaired) electrons. The van der Waals surface area contributed by atoms with Crippen LogP contribution >= 0.6 is 0 Å². The quantitative estimate of drug-likeness (QED) is 0.0912. The van der Waals surface area contributed by atoms with Gasteiger partial charge in [-0.1, -0.05) is 84.0 Å². The normalized spacial score (nSPS) is 11.5. The highest BCUT2D eigenvalue weighted by Crippen LogP contribution is 2.12. The van der Waals surface area contributed by atoms with Gasteiger partial charge in [0.2, 0.25) is 0 Å². The maximum Gasteiger partial charge on any atom is 0.0701 e. The van der Waals surface area contributed by atoms with E-state index in [1.165, 1.54) is 77.0 Å². The summed E-state index contributed by atoms with van der Waals surface area (Å²) in [6.07, 6.45) is 17.9. The Morgan fingerprint density at radius 1 is 0.263 bits per heavy atom. The van der Waals surface area contributed by atoms with Crippen LogP contribution in [0.15, 0.2) is 0 Å². The monoisotopic (exact) mass is 550 g/mol. The Bertz CT molecular complexity index is 364. The minimum atomic E-state index is 0.552. The molecule has 0 aromatic heterocycles. The molecule has 38 heavy (non-hydrogen) atoms. The molecule has 8 nitrogen and oxygen atoms in total. The zero-order chi connectivity index (χ0) is 27.5. The largest absolute Gasteiger partial charge is 0.382 e. The maximum atomic E-state index is 5.66. The molecular formula is C30H62O8. The summed E-state index contributed by atoms with van der Waals surface area (Å²) >= 11 is 0. The molecule has 0 aliphatic carbocycles. The third kappa shape index (κ3) is 35.7. The predicted molar refractivity (Wildman–Crippen MR) is 153 cm³/mol. The molecule has 0 N–H and O–H groups in total. The topological polar surface area (TPSA) is 73.8 Å². The first kappa shape index (κ1) is 37.7. The van der Waals surface area contributed by atoms with E-state index < -0.39 is 0 Å². The molecule has 0 heterocycles. The van der Waals surface area contributed by atoms with Crippen molar-refractivity contribution in [1.29, 1.82) is 0 Å². The van der Waals surface area contributed by atoms with E-state index in [9.17, 15) is 0 Å². The Labute approximate surface area is 234 Å². The average molecular weight is 551 g/mol. The molecule has 0 aromatic carbocycles. The predicted octanol–water partition coefficient (Wildman–Crippen LogP) is 5.84. The second kappa shape index (κ2) is 36.7. The number of hydrogen-bond donors (Lipinski definition) is 0. The Hall–Kier alpha value is -0.320. The Morgan fingerprint density at radius 2 is 0.500 bits per heavy atom. The summed E-state index contributed by atoms with van der Waals surface area (Å²) in [5, 5.41) is 0. The van der Waals surface area contributed by atoms with Crippen molar-refractivity contribution in [1.82, 2.24) is 0 Å². The van der Waals surface area contributed by atoms with E-state index in [-0.39, 0.29) is 0 Å². The van der Waals surface area contributed by atoms with E-state index in [0.717, 1.165) is 13.0 Å². The highest BCUT2D eigenvalue weighted by molar-refractivity contribution is 4.49. The van der Waals surface area contributed by atoms with Crippen LogP contribution in [0.2, 0.25) is 0 Å². The molecule has 230 valence electrons. The van der Waals surface area contributed by atoms with Gasteiger partial charge in [0, 0.05) is 13.7 Å². The molecule has 0 aliphatic heterocycles. The lowest BCUT2D eigenvalue weighted by Gasteiger charge is -2.08. The Morgan fingerprint density at radius 3 is 0.789 bits per heavy atom. The molecular weight excluding hydrogens is 488 g/mol. The molecule has 0 rings (SSSR count). The first-order chi connectivity index (χ1) is 18.9. The second-order valence-corrected chi connectivity index (χ2v) is 9.52. The van der Waals surface area contributed by atoms with Crippen LogP contribution in [0.25, 0.3) is 0 Å². The fraction of sp³-hybridized carbons (Fsp3) is 1.00. The Balaban J connectivity index is 3.01. The number of hydrogen-bond acceptors (Lipinski definition) is 8. The molecule has 0 saturated carbocycles. The number of unbranched alkanes of at least 4 members (excludes halogenated alkanes) is 12. The maximum absolute atomic E-state index is 5.66. The lowest BCUT2D eigenvalue weighted by Crippen LogP contribution is -2.14. The van der Waals surface area contributed by atoms with Crippen molar-refractivity contribution in [2.75, 3.05) is 106 Å². The summed E-state index contributed by atoms with van der Waals surface area (Å²) in [6.45, 7) is 11.2. The van der Waals surface area contributed by atoms with Crippen LogP contribution in [0.5, 0.6) is 0 Å². The lowest BCUT2D eigenvalue weighted by atomic mass is 10.0. The van der Waals surface area contributed by atoms with Crippen molar-refractivity contribution >= 4 is 0 Å². The minimum absolute atomic E-state index is 0.552. The second-order valence-electron chi connectivity index (χ2n) is 9.52. The standard InChI is InChI=1S/C30H62O8/c1-3-4-5-6-7-8-9-10-11-12-13-14-15-16-32-19-20-34-23-24-36-27-28-38-30-29-37-26-25-35-22-21-33-18-17-31-2/h3-30H2,1-2H3. The van der Waals surface area contributed by atoms with Gasteiger partial charge < -0.3 is 37.9 Å². The Kier molecular flexibility index (Phi) is 36.4. The third-order valence-electron chi connectivity index (χ3n) is 6.06. The summed E-state index contributed by atoms with van der Waals surface area (Å²) < 4.78 is 43.2. The van der Waals surface area contributed by atoms with Crippen molar-refractivity contribution in [3.05, 3.63) is 0 Å². The summed E-state index contributed by atoms with van der Waals surface area (Å²) in [4.78, 5) is 0. The van der Waals surface area contributed by atoms with Gasteiger partial charge in [0.25, 0.3) is 0 Å². The van der Waals surface area contributed by atoms with Crippen LogP contribution in [-0.2, 0) is 37.9 Å². The van der Waals surface area contributed by atoms with Crippen molar-refractivity contribution in [3.8, 4) is 0 Å². The van der Waals surface area contributed by atoms with Gasteiger partial charge in [0.05, 0.1) is 92.5 Å². The fourth-order valence-electron chi connectivity index (χ4n) is 3.79. The average Bonchev–Trinajstić information content (AvgIpc) is 2.93. The summed E-state index contributed by atoms with van der Waals surface area (Å²) in [7, 11) is 1.66. The van der Waals surface area contributed by atoms with Crippen LogP contribution in [0.4, 0.5) is 0 Å². The SMILES string of the molecule is CCCCCCCCCCCCCCCOCCOCCOCCOCCOCCOCCOCCOC. The van der Waals surface area contributed by atoms with Gasteiger partial charge in [-0.15, -0.1) is 0 Å². The first-order valence-electron chi connectivity index (χ1n) is 15.4. The molecule has 0 atom stereocenters. The molecule has 0 aromatic rings. The van der Waals surface area contributed by atoms with Crippen molar-refractivity contribution in [2.24, 2.45) is 0 Å². The van der Waals surface area contributed by atoms with E-state index in [1.54, 1.807) is 7.11 Å². The fourth-order valence-corrected chi connectivity index (χ4v) is 3.79. The van der Waals surface area contributed by atoms with Crippen molar-refractivity contribution in [3.63, 3.8) is 0 Å². The summed E-state index contributed by atoms with van der Waals surface area (Å²) in [5.74, 6) is 0. The zero-order valence-corrected chi connectivity index (χ0v) is 25.1. The van der Waals surface area contributed by atoms with Crippen LogP contribution in [-0.4, -0.2) is 106 Å². The van der Waals surface area contributed by atoms with E-state index in [4.69, 9.17) is 37.9 Å². The van der Waals surface area contributed by atoms with Crippen molar-refractivity contribution in [2.45, 2.75) is 90.4 Å². The van der Waals surface area contributed by atoms with E-state index in [1.807, 2.05) is 0 Å². The smallest absolute Gasteiger partial charge is 0.0701 e. The van der Waals surface area contributed by atoms with E-state index in [0.29, 0.717) is 92.5 Å². The van der Waals surface area contributed by atoms with Crippen LogP contribution in [0, 0.1) is 0 Å². The van der Waals surface area contributed by atoms with Gasteiger partial charge in [-0.25, -0.2) is 0 Å². The van der Waals surface area contributed by atoms with Gasteiger partial charge in [-0.05, 0) is 6.42 Å². The van der Waals surface area contributed by atoms with Gasteiger partial charge in [0.1, 0.15) is 0 Å². The number of methoxy groups -OCH3 is 1. The van der Waals surface area contributed by atoms with Gasteiger partial charge >= 0.3 is 0 Å². The lowest BCUT2D eigenvalue weighted by molar-refractivity contribution is -0.0221. The molecule has 0 saturated heterocycles.